The SMILES string of the molecule is COc1cc([C@]2(c3ncc[nH]3)S[C@H](c3c(C(=NO)C(=O)O)[nH]c4ccccc34)SC[C@@H]2O)ccc1O. The Balaban J connectivity index is 1.72. The van der Waals surface area contributed by atoms with Gasteiger partial charge in [0.25, 0.3) is 0 Å². The summed E-state index contributed by atoms with van der Waals surface area (Å²) in [7, 11) is 1.45. The number of ether oxygens (including phenoxy) is 1. The number of aliphatic hydroxyl groups excluding tert-OH is 1. The van der Waals surface area contributed by atoms with Crippen LogP contribution >= 0.6 is 23.5 Å². The molecule has 0 spiro atoms. The van der Waals surface area contributed by atoms with Crippen LogP contribution in [0.1, 0.15) is 27.2 Å². The Bertz CT molecular complexity index is 1450. The highest BCUT2D eigenvalue weighted by Crippen LogP contribution is 2.61. The fourth-order valence-corrected chi connectivity index (χ4v) is 8.02. The summed E-state index contributed by atoms with van der Waals surface area (Å²) in [6.07, 6.45) is 2.36. The maximum absolute atomic E-state index is 11.9. The van der Waals surface area contributed by atoms with Crippen LogP contribution in [0, 0.1) is 0 Å². The minimum absolute atomic E-state index is 0.0405. The van der Waals surface area contributed by atoms with Gasteiger partial charge in [-0.25, -0.2) is 9.78 Å². The minimum Gasteiger partial charge on any atom is -0.504 e. The number of para-hydroxylation sites is 1. The van der Waals surface area contributed by atoms with Crippen LogP contribution in [0.15, 0.2) is 60.0 Å². The summed E-state index contributed by atoms with van der Waals surface area (Å²) < 4.78 is 3.81. The highest BCUT2D eigenvalue weighted by Gasteiger charge is 2.51. The van der Waals surface area contributed by atoms with Gasteiger partial charge < -0.3 is 35.2 Å². The number of carboxylic acid groups (broad SMARTS) is 1. The molecule has 2 aromatic heterocycles. The summed E-state index contributed by atoms with van der Waals surface area (Å²) in [6.45, 7) is 0. The summed E-state index contributed by atoms with van der Waals surface area (Å²) in [6, 6.07) is 12.2. The predicted octanol–water partition coefficient (Wildman–Crippen LogP) is 3.65. The number of H-pyrrole nitrogens is 2. The Labute approximate surface area is 213 Å². The number of carboxylic acids is 1. The molecule has 2 aromatic carbocycles. The molecule has 1 saturated heterocycles. The molecule has 3 heterocycles. The Morgan fingerprint density at radius 1 is 1.28 bits per heavy atom. The van der Waals surface area contributed by atoms with Crippen LogP contribution in [0.4, 0.5) is 0 Å². The monoisotopic (exact) mass is 526 g/mol. The Kier molecular flexibility index (Phi) is 6.33. The molecule has 12 heteroatoms. The molecule has 1 aliphatic rings. The number of imidazole rings is 1. The predicted molar refractivity (Wildman–Crippen MR) is 137 cm³/mol. The number of fused-ring (bicyclic) bond motifs is 1. The third-order valence-electron chi connectivity index (χ3n) is 6.15. The van der Waals surface area contributed by atoms with Crippen molar-refractivity contribution in [2.45, 2.75) is 15.4 Å². The number of carbonyl (C=O) groups is 1. The molecular formula is C24H22N4O6S2. The topological polar surface area (TPSA) is 164 Å². The first kappa shape index (κ1) is 24.1. The average molecular weight is 527 g/mol. The van der Waals surface area contributed by atoms with Gasteiger partial charge in [0.2, 0.25) is 5.71 Å². The molecule has 0 amide bonds. The number of aromatic amines is 2. The van der Waals surface area contributed by atoms with E-state index in [0.717, 1.165) is 5.39 Å². The lowest BCUT2D eigenvalue weighted by Crippen LogP contribution is -2.43. The molecule has 0 saturated carbocycles. The number of phenols is 1. The molecule has 5 rings (SSSR count). The van der Waals surface area contributed by atoms with Crippen LogP contribution in [-0.4, -0.2) is 66.1 Å². The molecule has 4 aromatic rings. The third kappa shape index (κ3) is 3.77. The number of thioether (sulfide) groups is 2. The van der Waals surface area contributed by atoms with Crippen LogP contribution in [0.5, 0.6) is 11.5 Å². The zero-order chi connectivity index (χ0) is 25.4. The quantitative estimate of drug-likeness (QED) is 0.125. The van der Waals surface area contributed by atoms with Crippen LogP contribution in [0.3, 0.4) is 0 Å². The maximum Gasteiger partial charge on any atom is 0.360 e. The third-order valence-corrected chi connectivity index (χ3v) is 9.41. The van der Waals surface area contributed by atoms with E-state index < -0.39 is 27.1 Å². The van der Waals surface area contributed by atoms with E-state index in [2.05, 4.69) is 20.1 Å². The number of aromatic hydroxyl groups is 1. The zero-order valence-corrected chi connectivity index (χ0v) is 20.5. The van der Waals surface area contributed by atoms with Crippen molar-refractivity contribution in [1.29, 1.82) is 0 Å². The Hall–Kier alpha value is -3.61. The van der Waals surface area contributed by atoms with Crippen molar-refractivity contribution in [3.05, 3.63) is 77.5 Å². The molecule has 0 unspecified atom stereocenters. The van der Waals surface area contributed by atoms with Crippen LogP contribution in [-0.2, 0) is 9.54 Å². The van der Waals surface area contributed by atoms with Crippen LogP contribution < -0.4 is 4.74 Å². The molecule has 36 heavy (non-hydrogen) atoms. The van der Waals surface area contributed by atoms with Gasteiger partial charge >= 0.3 is 5.97 Å². The number of rotatable bonds is 6. The van der Waals surface area contributed by atoms with Crippen LogP contribution in [0.2, 0.25) is 0 Å². The molecule has 0 aliphatic carbocycles. The second-order valence-electron chi connectivity index (χ2n) is 8.07. The standard InChI is InChI=1S/C24H22N4O6S2/c1-34-16-10-12(6-7-15(16)29)24(23-25-8-9-26-23)17(30)11-35-22(36-24)18-13-4-2-3-5-14(13)27-19(18)20(28-33)21(31)32/h2-10,17,22,27,29-30,33H,11H2,1H3,(H,25,26)(H,31,32)/t17-,22+,24-/m0/s1. The van der Waals surface area contributed by atoms with E-state index >= 15 is 0 Å². The van der Waals surface area contributed by atoms with Gasteiger partial charge in [0.1, 0.15) is 10.6 Å². The van der Waals surface area contributed by atoms with Gasteiger partial charge in [-0.2, -0.15) is 0 Å². The first-order chi connectivity index (χ1) is 17.4. The van der Waals surface area contributed by atoms with Crippen molar-refractivity contribution in [3.8, 4) is 11.5 Å². The molecule has 0 radical (unpaired) electrons. The number of benzene rings is 2. The number of aliphatic carboxylic acids is 1. The smallest absolute Gasteiger partial charge is 0.360 e. The van der Waals surface area contributed by atoms with Gasteiger partial charge in [-0.05, 0) is 23.8 Å². The number of hydrogen-bond acceptors (Lipinski definition) is 9. The highest BCUT2D eigenvalue weighted by molar-refractivity contribution is 8.17. The fraction of sp³-hybridized carbons (Fsp3) is 0.208. The number of aliphatic hydroxyl groups is 1. The minimum atomic E-state index is -1.38. The Morgan fingerprint density at radius 2 is 2.08 bits per heavy atom. The molecule has 6 N–H and O–H groups in total. The first-order valence-electron chi connectivity index (χ1n) is 10.8. The van der Waals surface area contributed by atoms with Crippen molar-refractivity contribution in [2.24, 2.45) is 5.16 Å². The molecule has 0 bridgehead atoms. The van der Waals surface area contributed by atoms with E-state index in [1.54, 1.807) is 24.5 Å². The van der Waals surface area contributed by atoms with E-state index in [4.69, 9.17) is 4.74 Å². The number of nitrogens with one attached hydrogen (secondary N) is 2. The van der Waals surface area contributed by atoms with E-state index in [-0.39, 0.29) is 17.2 Å². The summed E-state index contributed by atoms with van der Waals surface area (Å²) >= 11 is 2.83. The molecular weight excluding hydrogens is 504 g/mol. The van der Waals surface area contributed by atoms with E-state index in [9.17, 15) is 25.3 Å². The van der Waals surface area contributed by atoms with Gasteiger partial charge in [0.05, 0.1) is 23.5 Å². The number of methoxy groups -OCH3 is 1. The zero-order valence-electron chi connectivity index (χ0n) is 18.9. The lowest BCUT2D eigenvalue weighted by Gasteiger charge is -2.43. The summed E-state index contributed by atoms with van der Waals surface area (Å²) in [5, 5.41) is 44.7. The number of aromatic nitrogens is 3. The van der Waals surface area contributed by atoms with Crippen molar-refractivity contribution in [2.75, 3.05) is 12.9 Å². The summed E-state index contributed by atoms with van der Waals surface area (Å²) in [4.78, 5) is 22.6. The second-order valence-corrected chi connectivity index (χ2v) is 10.9. The summed E-state index contributed by atoms with van der Waals surface area (Å²) in [5.74, 6) is -0.389. The van der Waals surface area contributed by atoms with Crippen molar-refractivity contribution >= 4 is 46.1 Å². The number of nitrogens with zero attached hydrogens (tertiary/aromatic N) is 2. The highest BCUT2D eigenvalue weighted by atomic mass is 32.2. The molecule has 3 atom stereocenters. The van der Waals surface area contributed by atoms with Crippen molar-refractivity contribution in [1.82, 2.24) is 15.0 Å². The average Bonchev–Trinajstić information content (AvgIpc) is 3.54. The fourth-order valence-electron chi connectivity index (χ4n) is 4.50. The maximum atomic E-state index is 11.9. The molecule has 1 aliphatic heterocycles. The molecule has 186 valence electrons. The van der Waals surface area contributed by atoms with Crippen molar-refractivity contribution < 1.29 is 30.1 Å². The Morgan fingerprint density at radius 3 is 2.78 bits per heavy atom. The van der Waals surface area contributed by atoms with Gasteiger partial charge in [-0.1, -0.05) is 29.4 Å². The lowest BCUT2D eigenvalue weighted by molar-refractivity contribution is -0.129. The lowest BCUT2D eigenvalue weighted by atomic mass is 9.91. The van der Waals surface area contributed by atoms with Gasteiger partial charge in [-0.3, -0.25) is 0 Å². The largest absolute Gasteiger partial charge is 0.504 e. The molecule has 1 fully saturated rings. The van der Waals surface area contributed by atoms with Gasteiger partial charge in [0.15, 0.2) is 11.5 Å². The van der Waals surface area contributed by atoms with Crippen LogP contribution in [0.25, 0.3) is 10.9 Å². The van der Waals surface area contributed by atoms with Crippen molar-refractivity contribution in [3.63, 3.8) is 0 Å². The van der Waals surface area contributed by atoms with E-state index in [1.165, 1.54) is 36.7 Å². The van der Waals surface area contributed by atoms with Gasteiger partial charge in [-0.15, -0.1) is 23.5 Å². The van der Waals surface area contributed by atoms with E-state index in [0.29, 0.717) is 28.2 Å². The second kappa shape index (κ2) is 9.45. The van der Waals surface area contributed by atoms with Gasteiger partial charge in [0, 0.05) is 34.6 Å². The first-order valence-corrected chi connectivity index (χ1v) is 12.7. The number of phenolic OH excluding ortho intramolecular Hbond substituents is 1. The summed E-state index contributed by atoms with van der Waals surface area (Å²) in [5.41, 5.74) is 1.63. The molecule has 10 nitrogen and oxygen atoms in total. The normalized spacial score (nSPS) is 22.6. The number of oxime groups is 1. The van der Waals surface area contributed by atoms with E-state index in [1.807, 2.05) is 24.3 Å². The number of hydrogen-bond donors (Lipinski definition) is 6.